The number of alkyl halides is 3. The fourth-order valence-electron chi connectivity index (χ4n) is 2.35. The first-order chi connectivity index (χ1) is 9.10. The Kier molecular flexibility index (Phi) is 5.30. The minimum atomic E-state index is -4.50. The van der Waals surface area contributed by atoms with E-state index in [1.807, 2.05) is 39.3 Å². The smallest absolute Gasteiger partial charge is 0.166 e. The topological polar surface area (TPSA) is 0 Å². The second-order valence-electron chi connectivity index (χ2n) is 7.06. The Morgan fingerprint density at radius 3 is 1.14 bits per heavy atom. The fraction of sp³-hybridized carbons (Fsp3) is 0.538. The average molecular weight is 394 g/mol. The number of rotatable bonds is 2. The van der Waals surface area contributed by atoms with Gasteiger partial charge in [-0.3, -0.25) is 0 Å². The van der Waals surface area contributed by atoms with Gasteiger partial charge in [0.2, 0.25) is 0 Å². The van der Waals surface area contributed by atoms with Crippen molar-refractivity contribution >= 4 is 61.3 Å². The third kappa shape index (κ3) is 3.81. The third-order valence-electron chi connectivity index (χ3n) is 3.11. The standard InChI is InChI=1S/C13H18Cl3F3Si2/c1-20(2,3)11-7(13(17,18)19)12(21(4,5)6)10(16)8(14)9(11)15/h1-6H3. The van der Waals surface area contributed by atoms with Gasteiger partial charge in [-0.25, -0.2) is 0 Å². The van der Waals surface area contributed by atoms with E-state index in [1.165, 1.54) is 0 Å². The molecule has 0 aliphatic heterocycles. The van der Waals surface area contributed by atoms with Gasteiger partial charge < -0.3 is 0 Å². The van der Waals surface area contributed by atoms with E-state index in [4.69, 9.17) is 34.8 Å². The Morgan fingerprint density at radius 2 is 0.952 bits per heavy atom. The summed E-state index contributed by atoms with van der Waals surface area (Å²) < 4.78 is 41.2. The van der Waals surface area contributed by atoms with Crippen LogP contribution in [0, 0.1) is 0 Å². The summed E-state index contributed by atoms with van der Waals surface area (Å²) in [7, 11) is -4.74. The average Bonchev–Trinajstić information content (AvgIpc) is 2.19. The SMILES string of the molecule is C[Si](C)(C)c1c(Cl)c(Cl)c(Cl)c([Si](C)(C)C)c1C(F)(F)F. The molecule has 0 spiro atoms. The van der Waals surface area contributed by atoms with Crippen molar-refractivity contribution in [3.8, 4) is 0 Å². The summed E-state index contributed by atoms with van der Waals surface area (Å²) in [5.74, 6) is 0. The molecular weight excluding hydrogens is 376 g/mol. The van der Waals surface area contributed by atoms with Crippen molar-refractivity contribution in [3.63, 3.8) is 0 Å². The maximum absolute atomic E-state index is 13.7. The molecule has 0 N–H and O–H groups in total. The first-order valence-electron chi connectivity index (χ1n) is 6.38. The summed E-state index contributed by atoms with van der Waals surface area (Å²) in [5, 5.41) is 0.262. The summed E-state index contributed by atoms with van der Waals surface area (Å²) in [6, 6.07) is 0. The molecule has 0 amide bonds. The van der Waals surface area contributed by atoms with Crippen LogP contribution in [0.5, 0.6) is 0 Å². The molecule has 0 saturated heterocycles. The number of hydrogen-bond acceptors (Lipinski definition) is 0. The molecule has 8 heteroatoms. The van der Waals surface area contributed by atoms with Crippen molar-refractivity contribution in [2.24, 2.45) is 0 Å². The van der Waals surface area contributed by atoms with Gasteiger partial charge in [0.1, 0.15) is 0 Å². The van der Waals surface area contributed by atoms with Gasteiger partial charge in [0, 0.05) is 0 Å². The van der Waals surface area contributed by atoms with Crippen LogP contribution in [0.3, 0.4) is 0 Å². The highest BCUT2D eigenvalue weighted by molar-refractivity contribution is 6.94. The van der Waals surface area contributed by atoms with E-state index < -0.39 is 27.9 Å². The van der Waals surface area contributed by atoms with Crippen LogP contribution in [0.15, 0.2) is 0 Å². The number of benzene rings is 1. The molecule has 0 unspecified atom stereocenters. The zero-order valence-electron chi connectivity index (χ0n) is 12.8. The van der Waals surface area contributed by atoms with E-state index >= 15 is 0 Å². The minimum Gasteiger partial charge on any atom is -0.166 e. The fourth-order valence-corrected chi connectivity index (χ4v) is 8.55. The molecule has 1 aromatic carbocycles. The molecule has 0 nitrogen and oxygen atoms in total. The molecule has 0 aliphatic rings. The van der Waals surface area contributed by atoms with Gasteiger partial charge in [-0.1, -0.05) is 74.1 Å². The van der Waals surface area contributed by atoms with Gasteiger partial charge in [-0.2, -0.15) is 13.2 Å². The number of halogens is 6. The second-order valence-corrected chi connectivity index (χ2v) is 18.2. The summed E-state index contributed by atoms with van der Waals surface area (Å²) in [4.78, 5) is 0. The van der Waals surface area contributed by atoms with E-state index in [0.717, 1.165) is 0 Å². The van der Waals surface area contributed by atoms with E-state index in [0.29, 0.717) is 0 Å². The van der Waals surface area contributed by atoms with Crippen LogP contribution >= 0.6 is 34.8 Å². The van der Waals surface area contributed by atoms with E-state index in [9.17, 15) is 13.2 Å². The molecule has 0 aliphatic carbocycles. The lowest BCUT2D eigenvalue weighted by molar-refractivity contribution is -0.135. The van der Waals surface area contributed by atoms with Crippen LogP contribution in [-0.2, 0) is 6.18 Å². The third-order valence-corrected chi connectivity index (χ3v) is 8.75. The van der Waals surface area contributed by atoms with Crippen molar-refractivity contribution in [1.82, 2.24) is 0 Å². The Balaban J connectivity index is 4.12. The van der Waals surface area contributed by atoms with E-state index in [-0.39, 0.29) is 25.4 Å². The van der Waals surface area contributed by atoms with Gasteiger partial charge >= 0.3 is 6.18 Å². The molecule has 0 atom stereocenters. The van der Waals surface area contributed by atoms with Gasteiger partial charge in [-0.05, 0) is 10.4 Å². The zero-order chi connectivity index (χ0) is 17.0. The molecular formula is C13H18Cl3F3Si2. The predicted molar refractivity (Wildman–Crippen MR) is 92.4 cm³/mol. The molecule has 1 rings (SSSR count). The molecule has 21 heavy (non-hydrogen) atoms. The Hall–Kier alpha value is 0.314. The summed E-state index contributed by atoms with van der Waals surface area (Å²) in [6.07, 6.45) is -4.50. The van der Waals surface area contributed by atoms with Crippen LogP contribution < -0.4 is 10.4 Å². The Labute approximate surface area is 140 Å². The molecule has 0 aromatic heterocycles. The van der Waals surface area contributed by atoms with Crippen molar-refractivity contribution in [2.75, 3.05) is 0 Å². The van der Waals surface area contributed by atoms with Crippen molar-refractivity contribution in [2.45, 2.75) is 45.5 Å². The number of hydrogen-bond donors (Lipinski definition) is 0. The Bertz CT molecular complexity index is 529. The largest absolute Gasteiger partial charge is 0.416 e. The normalized spacial score (nSPS) is 13.7. The molecule has 0 heterocycles. The van der Waals surface area contributed by atoms with Crippen LogP contribution in [0.1, 0.15) is 5.56 Å². The van der Waals surface area contributed by atoms with E-state index in [2.05, 4.69) is 0 Å². The quantitative estimate of drug-likeness (QED) is 0.443. The maximum Gasteiger partial charge on any atom is 0.416 e. The summed E-state index contributed by atoms with van der Waals surface area (Å²) >= 11 is 18.4. The monoisotopic (exact) mass is 392 g/mol. The van der Waals surface area contributed by atoms with Gasteiger partial charge in [-0.15, -0.1) is 0 Å². The lowest BCUT2D eigenvalue weighted by atomic mass is 10.2. The minimum absolute atomic E-state index is 0.0428. The van der Waals surface area contributed by atoms with Crippen LogP contribution in [-0.4, -0.2) is 16.1 Å². The van der Waals surface area contributed by atoms with Crippen molar-refractivity contribution in [1.29, 1.82) is 0 Å². The summed E-state index contributed by atoms with van der Waals surface area (Å²) in [6.45, 7) is 10.9. The molecule has 0 bridgehead atoms. The van der Waals surface area contributed by atoms with Crippen molar-refractivity contribution < 1.29 is 13.2 Å². The highest BCUT2D eigenvalue weighted by atomic mass is 35.5. The molecule has 0 radical (unpaired) electrons. The maximum atomic E-state index is 13.7. The van der Waals surface area contributed by atoms with Crippen LogP contribution in [0.4, 0.5) is 13.2 Å². The Morgan fingerprint density at radius 1 is 0.667 bits per heavy atom. The van der Waals surface area contributed by atoms with Gasteiger partial charge in [0.05, 0.1) is 36.8 Å². The van der Waals surface area contributed by atoms with Crippen LogP contribution in [0.25, 0.3) is 0 Å². The van der Waals surface area contributed by atoms with Crippen molar-refractivity contribution in [3.05, 3.63) is 20.6 Å². The zero-order valence-corrected chi connectivity index (χ0v) is 17.0. The molecule has 0 saturated carbocycles. The first kappa shape index (κ1) is 19.4. The predicted octanol–water partition coefficient (Wildman–Crippen LogP) is 5.76. The van der Waals surface area contributed by atoms with Gasteiger partial charge in [0.15, 0.2) is 0 Å². The van der Waals surface area contributed by atoms with Gasteiger partial charge in [0.25, 0.3) is 0 Å². The van der Waals surface area contributed by atoms with Crippen LogP contribution in [0.2, 0.25) is 54.3 Å². The van der Waals surface area contributed by atoms with E-state index in [1.54, 1.807) is 0 Å². The second kappa shape index (κ2) is 5.75. The molecule has 120 valence electrons. The lowest BCUT2D eigenvalue weighted by Gasteiger charge is -2.32. The summed E-state index contributed by atoms with van der Waals surface area (Å²) in [5.41, 5.74) is -0.653. The first-order valence-corrected chi connectivity index (χ1v) is 14.5. The lowest BCUT2D eigenvalue weighted by Crippen LogP contribution is -2.52. The molecule has 0 fully saturated rings. The molecule has 1 aromatic rings. The highest BCUT2D eigenvalue weighted by Crippen LogP contribution is 2.38. The highest BCUT2D eigenvalue weighted by Gasteiger charge is 2.45.